The number of thioether (sulfide) groups is 1. The van der Waals surface area contributed by atoms with Gasteiger partial charge in [-0.1, -0.05) is 6.92 Å². The molecular weight excluding hydrogens is 186 g/mol. The molecule has 0 aromatic heterocycles. The van der Waals surface area contributed by atoms with Gasteiger partial charge in [0.2, 0.25) is 5.91 Å². The van der Waals surface area contributed by atoms with Crippen molar-refractivity contribution < 1.29 is 9.90 Å². The van der Waals surface area contributed by atoms with Gasteiger partial charge >= 0.3 is 0 Å². The molecule has 1 heterocycles. The predicted molar refractivity (Wildman–Crippen MR) is 54.8 cm³/mol. The van der Waals surface area contributed by atoms with Crippen molar-refractivity contribution in [3.8, 4) is 0 Å². The Bertz CT molecular complexity index is 175. The summed E-state index contributed by atoms with van der Waals surface area (Å²) in [6.45, 7) is 4.01. The van der Waals surface area contributed by atoms with Crippen LogP contribution in [0.1, 0.15) is 19.8 Å². The van der Waals surface area contributed by atoms with Crippen LogP contribution in [0.2, 0.25) is 0 Å². The third kappa shape index (κ3) is 3.56. The Kier molecular flexibility index (Phi) is 4.59. The highest BCUT2D eigenvalue weighted by Gasteiger charge is 2.20. The van der Waals surface area contributed by atoms with Gasteiger partial charge in [-0.15, -0.1) is 0 Å². The van der Waals surface area contributed by atoms with E-state index in [0.717, 1.165) is 18.8 Å². The SMILES string of the molecule is CC1CN(C(=O)CCCO)CCS1. The van der Waals surface area contributed by atoms with E-state index in [0.29, 0.717) is 18.1 Å². The molecule has 0 bridgehead atoms. The van der Waals surface area contributed by atoms with Crippen LogP contribution in [0, 0.1) is 0 Å². The number of rotatable bonds is 3. The molecule has 1 fully saturated rings. The maximum Gasteiger partial charge on any atom is 0.222 e. The number of hydrogen-bond acceptors (Lipinski definition) is 3. The summed E-state index contributed by atoms with van der Waals surface area (Å²) in [5.74, 6) is 1.24. The zero-order valence-corrected chi connectivity index (χ0v) is 8.85. The van der Waals surface area contributed by atoms with E-state index >= 15 is 0 Å². The lowest BCUT2D eigenvalue weighted by atomic mass is 10.2. The van der Waals surface area contributed by atoms with Crippen LogP contribution in [-0.4, -0.2) is 46.6 Å². The van der Waals surface area contributed by atoms with Gasteiger partial charge in [-0.25, -0.2) is 0 Å². The van der Waals surface area contributed by atoms with Crippen molar-refractivity contribution in [3.63, 3.8) is 0 Å². The summed E-state index contributed by atoms with van der Waals surface area (Å²) in [5.41, 5.74) is 0. The van der Waals surface area contributed by atoms with Gasteiger partial charge in [0, 0.05) is 37.1 Å². The first-order chi connectivity index (χ1) is 6.24. The van der Waals surface area contributed by atoms with Crippen molar-refractivity contribution in [3.05, 3.63) is 0 Å². The van der Waals surface area contributed by atoms with Gasteiger partial charge in [-0.3, -0.25) is 4.79 Å². The largest absolute Gasteiger partial charge is 0.396 e. The quantitative estimate of drug-likeness (QED) is 0.735. The monoisotopic (exact) mass is 203 g/mol. The van der Waals surface area contributed by atoms with E-state index in [2.05, 4.69) is 6.92 Å². The molecule has 1 atom stereocenters. The second kappa shape index (κ2) is 5.50. The Balaban J connectivity index is 2.28. The predicted octanol–water partition coefficient (Wildman–Crippen LogP) is 0.723. The van der Waals surface area contributed by atoms with E-state index in [1.54, 1.807) is 0 Å². The highest BCUT2D eigenvalue weighted by atomic mass is 32.2. The van der Waals surface area contributed by atoms with Crippen LogP contribution >= 0.6 is 11.8 Å². The zero-order chi connectivity index (χ0) is 9.68. The van der Waals surface area contributed by atoms with E-state index < -0.39 is 0 Å². The first kappa shape index (κ1) is 10.9. The molecule has 0 radical (unpaired) electrons. The molecule has 0 aliphatic carbocycles. The summed E-state index contributed by atoms with van der Waals surface area (Å²) in [6, 6.07) is 0. The molecule has 1 amide bonds. The Morgan fingerprint density at radius 1 is 1.69 bits per heavy atom. The van der Waals surface area contributed by atoms with Gasteiger partial charge in [-0.2, -0.15) is 11.8 Å². The second-order valence-electron chi connectivity index (χ2n) is 3.35. The summed E-state index contributed by atoms with van der Waals surface area (Å²) >= 11 is 1.92. The van der Waals surface area contributed by atoms with Crippen LogP contribution in [-0.2, 0) is 4.79 Å². The van der Waals surface area contributed by atoms with Crippen molar-refractivity contribution in [1.29, 1.82) is 0 Å². The van der Waals surface area contributed by atoms with E-state index in [4.69, 9.17) is 5.11 Å². The zero-order valence-electron chi connectivity index (χ0n) is 8.03. The molecule has 1 rings (SSSR count). The fourth-order valence-electron chi connectivity index (χ4n) is 1.43. The van der Waals surface area contributed by atoms with Gasteiger partial charge in [0.25, 0.3) is 0 Å². The Labute approximate surface area is 83.5 Å². The molecule has 0 aromatic rings. The topological polar surface area (TPSA) is 40.5 Å². The van der Waals surface area contributed by atoms with Crippen molar-refractivity contribution in [1.82, 2.24) is 4.90 Å². The lowest BCUT2D eigenvalue weighted by molar-refractivity contribution is -0.131. The molecule has 13 heavy (non-hydrogen) atoms. The summed E-state index contributed by atoms with van der Waals surface area (Å²) in [4.78, 5) is 13.4. The average Bonchev–Trinajstić information content (AvgIpc) is 2.14. The minimum absolute atomic E-state index is 0.115. The van der Waals surface area contributed by atoms with E-state index in [1.165, 1.54) is 0 Å². The molecule has 3 nitrogen and oxygen atoms in total. The number of nitrogens with zero attached hydrogens (tertiary/aromatic N) is 1. The molecule has 76 valence electrons. The molecular formula is C9H17NO2S. The minimum Gasteiger partial charge on any atom is -0.396 e. The molecule has 1 unspecified atom stereocenters. The molecule has 4 heteroatoms. The Morgan fingerprint density at radius 3 is 3.08 bits per heavy atom. The highest BCUT2D eigenvalue weighted by molar-refractivity contribution is 7.99. The minimum atomic E-state index is 0.115. The van der Waals surface area contributed by atoms with Crippen molar-refractivity contribution >= 4 is 17.7 Å². The third-order valence-electron chi connectivity index (χ3n) is 2.14. The highest BCUT2D eigenvalue weighted by Crippen LogP contribution is 2.18. The molecule has 0 spiro atoms. The lowest BCUT2D eigenvalue weighted by Crippen LogP contribution is -2.40. The third-order valence-corrected chi connectivity index (χ3v) is 3.28. The molecule has 1 aliphatic rings. The first-order valence-electron chi connectivity index (χ1n) is 4.74. The Morgan fingerprint density at radius 2 is 2.46 bits per heavy atom. The fraction of sp³-hybridized carbons (Fsp3) is 0.889. The normalized spacial score (nSPS) is 23.2. The van der Waals surface area contributed by atoms with Gasteiger partial charge in [0.1, 0.15) is 0 Å². The van der Waals surface area contributed by atoms with Crippen LogP contribution in [0.3, 0.4) is 0 Å². The fourth-order valence-corrected chi connectivity index (χ4v) is 2.45. The average molecular weight is 203 g/mol. The summed E-state index contributed by atoms with van der Waals surface area (Å²) < 4.78 is 0. The van der Waals surface area contributed by atoms with Crippen molar-refractivity contribution in [2.24, 2.45) is 0 Å². The summed E-state index contributed by atoms with van der Waals surface area (Å²) in [5, 5.41) is 9.15. The van der Waals surface area contributed by atoms with Gasteiger partial charge < -0.3 is 10.0 Å². The molecule has 1 saturated heterocycles. The van der Waals surface area contributed by atoms with Gasteiger partial charge in [-0.05, 0) is 6.42 Å². The maximum absolute atomic E-state index is 11.5. The van der Waals surface area contributed by atoms with Crippen molar-refractivity contribution in [2.45, 2.75) is 25.0 Å². The second-order valence-corrected chi connectivity index (χ2v) is 4.89. The molecule has 1 aliphatic heterocycles. The number of carbonyl (C=O) groups is 1. The van der Waals surface area contributed by atoms with Gasteiger partial charge in [0.15, 0.2) is 0 Å². The number of aliphatic hydroxyl groups is 1. The maximum atomic E-state index is 11.5. The lowest BCUT2D eigenvalue weighted by Gasteiger charge is -2.30. The van der Waals surface area contributed by atoms with E-state index in [1.807, 2.05) is 16.7 Å². The van der Waals surface area contributed by atoms with Gasteiger partial charge in [0.05, 0.1) is 0 Å². The van der Waals surface area contributed by atoms with Crippen LogP contribution in [0.15, 0.2) is 0 Å². The van der Waals surface area contributed by atoms with Crippen LogP contribution in [0.5, 0.6) is 0 Å². The molecule has 0 aromatic carbocycles. The van der Waals surface area contributed by atoms with Crippen LogP contribution < -0.4 is 0 Å². The van der Waals surface area contributed by atoms with Crippen molar-refractivity contribution in [2.75, 3.05) is 25.4 Å². The number of carbonyl (C=O) groups excluding carboxylic acids is 1. The molecule has 0 saturated carbocycles. The van der Waals surface area contributed by atoms with Crippen LogP contribution in [0.25, 0.3) is 0 Å². The van der Waals surface area contributed by atoms with E-state index in [-0.39, 0.29) is 12.5 Å². The number of aliphatic hydroxyl groups excluding tert-OH is 1. The molecule has 1 N–H and O–H groups in total. The first-order valence-corrected chi connectivity index (χ1v) is 5.79. The van der Waals surface area contributed by atoms with Crippen LogP contribution in [0.4, 0.5) is 0 Å². The standard InChI is InChI=1S/C9H17NO2S/c1-8-7-10(4-6-13-8)9(12)3-2-5-11/h8,11H,2-7H2,1H3. The smallest absolute Gasteiger partial charge is 0.222 e. The summed E-state index contributed by atoms with van der Waals surface area (Å²) in [7, 11) is 0. The number of hydrogen-bond donors (Lipinski definition) is 1. The Hall–Kier alpha value is -0.220. The summed E-state index contributed by atoms with van der Waals surface area (Å²) in [6.07, 6.45) is 1.09. The van der Waals surface area contributed by atoms with E-state index in [9.17, 15) is 4.79 Å². The number of amides is 1.